The SMILES string of the molecule is O=C(OCOc1ccc([N+](=O)[O-])c2cccnc12)C(O)c1ccccc1. The van der Waals surface area contributed by atoms with Crippen molar-refractivity contribution in [2.24, 2.45) is 0 Å². The number of carbonyl (C=O) groups excluding carboxylic acids is 1. The van der Waals surface area contributed by atoms with E-state index in [1.165, 1.54) is 18.3 Å². The lowest BCUT2D eigenvalue weighted by Gasteiger charge is -2.12. The van der Waals surface area contributed by atoms with Crippen molar-refractivity contribution in [3.63, 3.8) is 0 Å². The predicted octanol–water partition coefficient (Wildman–Crippen LogP) is 2.76. The normalized spacial score (nSPS) is 11.7. The summed E-state index contributed by atoms with van der Waals surface area (Å²) < 4.78 is 10.3. The van der Waals surface area contributed by atoms with E-state index in [4.69, 9.17) is 9.47 Å². The summed E-state index contributed by atoms with van der Waals surface area (Å²) in [4.78, 5) is 26.5. The third kappa shape index (κ3) is 3.60. The van der Waals surface area contributed by atoms with Gasteiger partial charge in [-0.2, -0.15) is 0 Å². The maximum absolute atomic E-state index is 11.9. The van der Waals surface area contributed by atoms with Gasteiger partial charge < -0.3 is 14.6 Å². The molecule has 0 aliphatic heterocycles. The van der Waals surface area contributed by atoms with Crippen molar-refractivity contribution in [1.82, 2.24) is 4.98 Å². The number of ether oxygens (including phenoxy) is 2. The van der Waals surface area contributed by atoms with Gasteiger partial charge in [0.15, 0.2) is 6.10 Å². The monoisotopic (exact) mass is 354 g/mol. The molecule has 3 aromatic rings. The molecule has 2 aromatic carbocycles. The molecule has 26 heavy (non-hydrogen) atoms. The highest BCUT2D eigenvalue weighted by molar-refractivity contribution is 5.92. The number of rotatable bonds is 6. The first-order valence-electron chi connectivity index (χ1n) is 7.62. The highest BCUT2D eigenvalue weighted by atomic mass is 16.7. The molecule has 0 saturated heterocycles. The summed E-state index contributed by atoms with van der Waals surface area (Å²) >= 11 is 0. The van der Waals surface area contributed by atoms with Crippen molar-refractivity contribution < 1.29 is 24.3 Å². The topological polar surface area (TPSA) is 112 Å². The van der Waals surface area contributed by atoms with Gasteiger partial charge in [0.2, 0.25) is 6.79 Å². The molecule has 0 amide bonds. The van der Waals surface area contributed by atoms with E-state index in [1.54, 1.807) is 42.5 Å². The van der Waals surface area contributed by atoms with Crippen molar-refractivity contribution in [2.75, 3.05) is 6.79 Å². The van der Waals surface area contributed by atoms with Gasteiger partial charge in [-0.15, -0.1) is 0 Å². The number of benzene rings is 2. The van der Waals surface area contributed by atoms with Crippen LogP contribution in [0.4, 0.5) is 5.69 Å². The molecule has 1 heterocycles. The first kappa shape index (κ1) is 17.3. The second-order valence-electron chi connectivity index (χ2n) is 5.28. The van der Waals surface area contributed by atoms with Crippen LogP contribution < -0.4 is 4.74 Å². The standard InChI is InChI=1S/C18H14N2O6/c21-17(12-5-2-1-3-6-12)18(22)26-11-25-15-9-8-14(20(23)24)13-7-4-10-19-16(13)15/h1-10,17,21H,11H2. The maximum atomic E-state index is 11.9. The lowest BCUT2D eigenvalue weighted by molar-refractivity contribution is -0.383. The molecule has 0 saturated carbocycles. The number of carbonyl (C=O) groups is 1. The second kappa shape index (κ2) is 7.58. The minimum Gasteiger partial charge on any atom is -0.455 e. The van der Waals surface area contributed by atoms with E-state index in [0.717, 1.165) is 0 Å². The quantitative estimate of drug-likeness (QED) is 0.313. The molecule has 0 aliphatic rings. The van der Waals surface area contributed by atoms with E-state index in [2.05, 4.69) is 4.98 Å². The third-order valence-corrected chi connectivity index (χ3v) is 3.66. The number of aliphatic hydroxyl groups excluding tert-OH is 1. The Morgan fingerprint density at radius 1 is 1.15 bits per heavy atom. The highest BCUT2D eigenvalue weighted by Gasteiger charge is 2.20. The molecule has 1 N–H and O–H groups in total. The summed E-state index contributed by atoms with van der Waals surface area (Å²) in [7, 11) is 0. The number of aliphatic hydroxyl groups is 1. The number of hydrogen-bond donors (Lipinski definition) is 1. The van der Waals surface area contributed by atoms with Gasteiger partial charge in [-0.3, -0.25) is 15.1 Å². The summed E-state index contributed by atoms with van der Waals surface area (Å²) in [5.41, 5.74) is 0.582. The minimum absolute atomic E-state index is 0.100. The number of nitrogens with zero attached hydrogens (tertiary/aromatic N) is 2. The van der Waals surface area contributed by atoms with Crippen LogP contribution in [0.1, 0.15) is 11.7 Å². The fraction of sp³-hybridized carbons (Fsp3) is 0.111. The number of pyridine rings is 1. The molecule has 132 valence electrons. The molecular formula is C18H14N2O6. The molecule has 8 heteroatoms. The smallest absolute Gasteiger partial charge is 0.342 e. The zero-order valence-electron chi connectivity index (χ0n) is 13.4. The molecule has 0 fully saturated rings. The Labute approximate surface area is 147 Å². The number of nitro benzene ring substituents is 1. The lowest BCUT2D eigenvalue weighted by atomic mass is 10.1. The van der Waals surface area contributed by atoms with Crippen LogP contribution in [0.25, 0.3) is 10.9 Å². The van der Waals surface area contributed by atoms with Gasteiger partial charge in [-0.05, 0) is 23.8 Å². The Balaban J connectivity index is 1.70. The Hall–Kier alpha value is -3.52. The third-order valence-electron chi connectivity index (χ3n) is 3.66. The lowest BCUT2D eigenvalue weighted by Crippen LogP contribution is -2.18. The van der Waals surface area contributed by atoms with Gasteiger partial charge in [-0.1, -0.05) is 30.3 Å². The predicted molar refractivity (Wildman–Crippen MR) is 91.4 cm³/mol. The molecular weight excluding hydrogens is 340 g/mol. The molecule has 0 radical (unpaired) electrons. The minimum atomic E-state index is -1.42. The van der Waals surface area contributed by atoms with Gasteiger partial charge in [0.05, 0.1) is 10.3 Å². The number of non-ortho nitro benzene ring substituents is 1. The van der Waals surface area contributed by atoms with Crippen LogP contribution in [0.5, 0.6) is 5.75 Å². The molecule has 3 rings (SSSR count). The Morgan fingerprint density at radius 3 is 2.65 bits per heavy atom. The van der Waals surface area contributed by atoms with Crippen molar-refractivity contribution in [3.05, 3.63) is 76.5 Å². The van der Waals surface area contributed by atoms with Crippen LogP contribution >= 0.6 is 0 Å². The van der Waals surface area contributed by atoms with Crippen LogP contribution in [0, 0.1) is 10.1 Å². The van der Waals surface area contributed by atoms with Crippen LogP contribution in [0.2, 0.25) is 0 Å². The van der Waals surface area contributed by atoms with Crippen LogP contribution in [0.3, 0.4) is 0 Å². The van der Waals surface area contributed by atoms with Gasteiger partial charge in [0, 0.05) is 12.3 Å². The van der Waals surface area contributed by atoms with Crippen LogP contribution in [0.15, 0.2) is 60.8 Å². The van der Waals surface area contributed by atoms with E-state index >= 15 is 0 Å². The molecule has 0 spiro atoms. The second-order valence-corrected chi connectivity index (χ2v) is 5.28. The average molecular weight is 354 g/mol. The van der Waals surface area contributed by atoms with Crippen molar-refractivity contribution in [1.29, 1.82) is 0 Å². The molecule has 1 unspecified atom stereocenters. The fourth-order valence-corrected chi connectivity index (χ4v) is 2.41. The van der Waals surface area contributed by atoms with E-state index < -0.39 is 23.8 Å². The van der Waals surface area contributed by atoms with Gasteiger partial charge in [0.25, 0.3) is 5.69 Å². The summed E-state index contributed by atoms with van der Waals surface area (Å²) in [6.07, 6.45) is 0.0518. The van der Waals surface area contributed by atoms with Gasteiger partial charge in [0.1, 0.15) is 11.3 Å². The van der Waals surface area contributed by atoms with Gasteiger partial charge >= 0.3 is 5.97 Å². The Kier molecular flexibility index (Phi) is 5.04. The summed E-state index contributed by atoms with van der Waals surface area (Å²) in [6.45, 7) is -0.466. The molecule has 1 aromatic heterocycles. The van der Waals surface area contributed by atoms with E-state index in [9.17, 15) is 20.0 Å². The first-order chi connectivity index (χ1) is 12.6. The van der Waals surface area contributed by atoms with Crippen molar-refractivity contribution >= 4 is 22.6 Å². The molecule has 0 bridgehead atoms. The molecule has 1 atom stereocenters. The number of nitro groups is 1. The summed E-state index contributed by atoms with van der Waals surface area (Å²) in [5, 5.41) is 21.3. The van der Waals surface area contributed by atoms with Crippen LogP contribution in [-0.2, 0) is 9.53 Å². The zero-order chi connectivity index (χ0) is 18.5. The maximum Gasteiger partial charge on any atom is 0.342 e. The summed E-state index contributed by atoms with van der Waals surface area (Å²) in [5.74, 6) is -0.636. The van der Waals surface area contributed by atoms with Crippen molar-refractivity contribution in [2.45, 2.75) is 6.10 Å². The first-order valence-corrected chi connectivity index (χ1v) is 7.62. The Morgan fingerprint density at radius 2 is 1.92 bits per heavy atom. The van der Waals surface area contributed by atoms with Gasteiger partial charge in [-0.25, -0.2) is 4.79 Å². The van der Waals surface area contributed by atoms with E-state index in [1.807, 2.05) is 0 Å². The van der Waals surface area contributed by atoms with E-state index in [-0.39, 0.29) is 17.0 Å². The zero-order valence-corrected chi connectivity index (χ0v) is 13.4. The number of esters is 1. The van der Waals surface area contributed by atoms with Crippen LogP contribution in [-0.4, -0.2) is 27.8 Å². The molecule has 0 aliphatic carbocycles. The number of hydrogen-bond acceptors (Lipinski definition) is 7. The largest absolute Gasteiger partial charge is 0.455 e. The van der Waals surface area contributed by atoms with Crippen molar-refractivity contribution in [3.8, 4) is 5.75 Å². The number of aromatic nitrogens is 1. The Bertz CT molecular complexity index is 945. The fourth-order valence-electron chi connectivity index (χ4n) is 2.41. The number of fused-ring (bicyclic) bond motifs is 1. The van der Waals surface area contributed by atoms with E-state index in [0.29, 0.717) is 10.9 Å². The summed E-state index contributed by atoms with van der Waals surface area (Å²) in [6, 6.07) is 14.1. The molecule has 8 nitrogen and oxygen atoms in total. The highest BCUT2D eigenvalue weighted by Crippen LogP contribution is 2.31. The average Bonchev–Trinajstić information content (AvgIpc) is 2.67.